The van der Waals surface area contributed by atoms with E-state index in [9.17, 15) is 9.59 Å². The summed E-state index contributed by atoms with van der Waals surface area (Å²) < 4.78 is 0. The molecule has 2 heteroatoms. The molecule has 23 heavy (non-hydrogen) atoms. The SMILES string of the molecule is CC(=O)[C@@H]1CC[C@@H]2[C@H]3CC[C@H]4CC(=O)CC[C@]4(C)[C@H]3CC[C@]21C. The van der Waals surface area contributed by atoms with Crippen molar-refractivity contribution in [1.82, 2.24) is 0 Å². The molecule has 4 saturated carbocycles. The van der Waals surface area contributed by atoms with E-state index in [1.165, 1.54) is 32.1 Å². The first-order chi connectivity index (χ1) is 10.9. The third-order valence-electron chi connectivity index (χ3n) is 8.97. The van der Waals surface area contributed by atoms with Crippen LogP contribution in [0.2, 0.25) is 0 Å². The molecule has 0 heterocycles. The molecular formula is C21H32O2. The number of hydrogen-bond acceptors (Lipinski definition) is 2. The maximum atomic E-state index is 12.2. The lowest BCUT2D eigenvalue weighted by Gasteiger charge is -2.60. The Morgan fingerprint density at radius 3 is 2.43 bits per heavy atom. The van der Waals surface area contributed by atoms with Gasteiger partial charge in [0, 0.05) is 18.8 Å². The van der Waals surface area contributed by atoms with E-state index in [0.717, 1.165) is 43.4 Å². The molecule has 7 atom stereocenters. The number of fused-ring (bicyclic) bond motifs is 5. The summed E-state index contributed by atoms with van der Waals surface area (Å²) in [6.07, 6.45) is 10.3. The van der Waals surface area contributed by atoms with Crippen molar-refractivity contribution < 1.29 is 9.59 Å². The van der Waals surface area contributed by atoms with Crippen molar-refractivity contribution in [3.8, 4) is 0 Å². The maximum absolute atomic E-state index is 12.2. The highest BCUT2D eigenvalue weighted by molar-refractivity contribution is 5.80. The zero-order valence-corrected chi connectivity index (χ0v) is 15.1. The summed E-state index contributed by atoms with van der Waals surface area (Å²) in [5.74, 6) is 4.25. The number of carbonyl (C=O) groups is 2. The van der Waals surface area contributed by atoms with Gasteiger partial charge in [-0.05, 0) is 86.4 Å². The normalized spacial score (nSPS) is 52.5. The highest BCUT2D eigenvalue weighted by atomic mass is 16.1. The van der Waals surface area contributed by atoms with Crippen LogP contribution >= 0.6 is 0 Å². The average Bonchev–Trinajstić information content (AvgIpc) is 2.85. The van der Waals surface area contributed by atoms with E-state index in [1.807, 2.05) is 6.92 Å². The third kappa shape index (κ3) is 2.12. The van der Waals surface area contributed by atoms with Gasteiger partial charge in [-0.1, -0.05) is 13.8 Å². The van der Waals surface area contributed by atoms with Crippen LogP contribution in [0.1, 0.15) is 78.6 Å². The number of hydrogen-bond donors (Lipinski definition) is 0. The molecule has 0 aliphatic heterocycles. The van der Waals surface area contributed by atoms with Crippen LogP contribution in [0.15, 0.2) is 0 Å². The molecule has 0 spiro atoms. The summed E-state index contributed by atoms with van der Waals surface area (Å²) in [4.78, 5) is 24.1. The number of rotatable bonds is 1. The molecule has 4 aliphatic rings. The number of carbonyl (C=O) groups excluding carboxylic acids is 2. The molecule has 0 radical (unpaired) electrons. The van der Waals surface area contributed by atoms with Crippen LogP contribution in [0.4, 0.5) is 0 Å². The molecule has 0 bridgehead atoms. The third-order valence-corrected chi connectivity index (χ3v) is 8.97. The van der Waals surface area contributed by atoms with Crippen LogP contribution < -0.4 is 0 Å². The van der Waals surface area contributed by atoms with Crippen molar-refractivity contribution in [2.45, 2.75) is 78.6 Å². The fraction of sp³-hybridized carbons (Fsp3) is 0.905. The van der Waals surface area contributed by atoms with Crippen LogP contribution in [-0.4, -0.2) is 11.6 Å². The van der Waals surface area contributed by atoms with E-state index in [0.29, 0.717) is 28.8 Å². The average molecular weight is 316 g/mol. The number of Topliss-reactive ketones (excluding diaryl/α,β-unsaturated/α-hetero) is 2. The molecule has 2 nitrogen and oxygen atoms in total. The van der Waals surface area contributed by atoms with Gasteiger partial charge in [0.15, 0.2) is 0 Å². The molecule has 128 valence electrons. The lowest BCUT2D eigenvalue weighted by atomic mass is 9.44. The lowest BCUT2D eigenvalue weighted by Crippen LogP contribution is -2.53. The monoisotopic (exact) mass is 316 g/mol. The second-order valence-electron chi connectivity index (χ2n) is 9.68. The quantitative estimate of drug-likeness (QED) is 0.696. The van der Waals surface area contributed by atoms with Gasteiger partial charge in [-0.2, -0.15) is 0 Å². The molecule has 0 aromatic rings. The molecule has 4 rings (SSSR count). The molecule has 4 fully saturated rings. The molecule has 4 aliphatic carbocycles. The van der Waals surface area contributed by atoms with E-state index >= 15 is 0 Å². The van der Waals surface area contributed by atoms with Gasteiger partial charge in [-0.3, -0.25) is 9.59 Å². The Kier molecular flexibility index (Phi) is 3.56. The summed E-state index contributed by atoms with van der Waals surface area (Å²) in [5.41, 5.74) is 0.660. The summed E-state index contributed by atoms with van der Waals surface area (Å²) in [5, 5.41) is 0. The molecule has 0 amide bonds. The van der Waals surface area contributed by atoms with Gasteiger partial charge in [0.1, 0.15) is 11.6 Å². The summed E-state index contributed by atoms with van der Waals surface area (Å²) in [7, 11) is 0. The fourth-order valence-corrected chi connectivity index (χ4v) is 7.71. The molecule has 0 saturated heterocycles. The van der Waals surface area contributed by atoms with Crippen molar-refractivity contribution in [3.63, 3.8) is 0 Å². The number of ketones is 2. The molecule has 0 aromatic heterocycles. The highest BCUT2D eigenvalue weighted by Crippen LogP contribution is 2.67. The minimum atomic E-state index is 0.265. The van der Waals surface area contributed by atoms with E-state index in [-0.39, 0.29) is 5.41 Å². The van der Waals surface area contributed by atoms with E-state index < -0.39 is 0 Å². The van der Waals surface area contributed by atoms with Gasteiger partial charge >= 0.3 is 0 Å². The first-order valence-electron chi connectivity index (χ1n) is 9.88. The maximum Gasteiger partial charge on any atom is 0.133 e. The van der Waals surface area contributed by atoms with Crippen LogP contribution in [0.25, 0.3) is 0 Å². The molecular weight excluding hydrogens is 284 g/mol. The topological polar surface area (TPSA) is 34.1 Å². The van der Waals surface area contributed by atoms with Crippen molar-refractivity contribution >= 4 is 11.6 Å². The summed E-state index contributed by atoms with van der Waals surface area (Å²) in [6.45, 7) is 6.74. The van der Waals surface area contributed by atoms with E-state index in [4.69, 9.17) is 0 Å². The largest absolute Gasteiger partial charge is 0.300 e. The Morgan fingerprint density at radius 2 is 1.70 bits per heavy atom. The Bertz CT molecular complexity index is 538. The van der Waals surface area contributed by atoms with Crippen LogP contribution in [0, 0.1) is 40.4 Å². The van der Waals surface area contributed by atoms with E-state index in [1.54, 1.807) is 0 Å². The first kappa shape index (κ1) is 15.8. The standard InChI is InChI=1S/C21H32O2/c1-13(22)17-6-7-18-16-5-4-14-12-15(23)8-10-20(14,2)19(16)9-11-21(17,18)3/h14,16-19H,4-12H2,1-3H3/t14-,16+,17-,18+,19-,20-,21-/m0/s1. The second-order valence-corrected chi connectivity index (χ2v) is 9.68. The van der Waals surface area contributed by atoms with Gasteiger partial charge in [-0.25, -0.2) is 0 Å². The first-order valence-corrected chi connectivity index (χ1v) is 9.88. The van der Waals surface area contributed by atoms with E-state index in [2.05, 4.69) is 13.8 Å². The Hall–Kier alpha value is -0.660. The zero-order chi connectivity index (χ0) is 16.4. The van der Waals surface area contributed by atoms with Gasteiger partial charge in [0.2, 0.25) is 0 Å². The predicted molar refractivity (Wildman–Crippen MR) is 90.9 cm³/mol. The molecule has 0 aromatic carbocycles. The van der Waals surface area contributed by atoms with Crippen molar-refractivity contribution in [2.75, 3.05) is 0 Å². The van der Waals surface area contributed by atoms with Gasteiger partial charge < -0.3 is 0 Å². The smallest absolute Gasteiger partial charge is 0.133 e. The second kappa shape index (κ2) is 5.17. The van der Waals surface area contributed by atoms with Crippen molar-refractivity contribution in [1.29, 1.82) is 0 Å². The fourth-order valence-electron chi connectivity index (χ4n) is 7.71. The Balaban J connectivity index is 1.63. The minimum Gasteiger partial charge on any atom is -0.300 e. The Morgan fingerprint density at radius 1 is 0.957 bits per heavy atom. The van der Waals surface area contributed by atoms with Crippen molar-refractivity contribution in [2.24, 2.45) is 40.4 Å². The predicted octanol–water partition coefficient (Wildman–Crippen LogP) is 4.80. The van der Waals surface area contributed by atoms with Crippen LogP contribution in [-0.2, 0) is 9.59 Å². The zero-order valence-electron chi connectivity index (χ0n) is 15.1. The highest BCUT2D eigenvalue weighted by Gasteiger charge is 2.60. The van der Waals surface area contributed by atoms with Gasteiger partial charge in [-0.15, -0.1) is 0 Å². The lowest BCUT2D eigenvalue weighted by molar-refractivity contribution is -0.143. The van der Waals surface area contributed by atoms with Gasteiger partial charge in [0.05, 0.1) is 0 Å². The summed E-state index contributed by atoms with van der Waals surface area (Å²) >= 11 is 0. The van der Waals surface area contributed by atoms with Crippen molar-refractivity contribution in [3.05, 3.63) is 0 Å². The van der Waals surface area contributed by atoms with Crippen LogP contribution in [0.3, 0.4) is 0 Å². The molecule has 0 unspecified atom stereocenters. The summed E-state index contributed by atoms with van der Waals surface area (Å²) in [6, 6.07) is 0. The van der Waals surface area contributed by atoms with Crippen LogP contribution in [0.5, 0.6) is 0 Å². The minimum absolute atomic E-state index is 0.265. The van der Waals surface area contributed by atoms with Gasteiger partial charge in [0.25, 0.3) is 0 Å². The molecule has 0 N–H and O–H groups in total. The Labute approximate surface area is 140 Å².